The maximum atomic E-state index is 12.0. The standard InChI is InChI=1S/C17H18N2O5S/c1-3-11-8-14(25-10(11)2)16(22)19-18-15(21)9-24-17(23)12-6-4-5-7-13(12)20/h4-8,20H,3,9H2,1-2H3,(H,18,21)(H,19,22). The summed E-state index contributed by atoms with van der Waals surface area (Å²) in [4.78, 5) is 36.9. The van der Waals surface area contributed by atoms with Crippen molar-refractivity contribution in [2.75, 3.05) is 6.61 Å². The lowest BCUT2D eigenvalue weighted by Crippen LogP contribution is -2.43. The van der Waals surface area contributed by atoms with Crippen LogP contribution in [0.15, 0.2) is 30.3 Å². The molecule has 0 unspecified atom stereocenters. The maximum Gasteiger partial charge on any atom is 0.342 e. The number of para-hydroxylation sites is 1. The first kappa shape index (κ1) is 18.5. The molecule has 0 atom stereocenters. The molecule has 3 N–H and O–H groups in total. The van der Waals surface area contributed by atoms with Gasteiger partial charge in [0.25, 0.3) is 11.8 Å². The van der Waals surface area contributed by atoms with Gasteiger partial charge in [0.15, 0.2) is 6.61 Å². The van der Waals surface area contributed by atoms with Crippen molar-refractivity contribution in [1.29, 1.82) is 0 Å². The fraction of sp³-hybridized carbons (Fsp3) is 0.235. The van der Waals surface area contributed by atoms with Gasteiger partial charge in [-0.15, -0.1) is 11.3 Å². The number of thiophene rings is 1. The summed E-state index contributed by atoms with van der Waals surface area (Å²) in [5.74, 6) is -2.20. The van der Waals surface area contributed by atoms with Gasteiger partial charge in [0.1, 0.15) is 11.3 Å². The number of benzene rings is 1. The van der Waals surface area contributed by atoms with E-state index in [2.05, 4.69) is 10.9 Å². The average molecular weight is 362 g/mol. The first-order valence-electron chi connectivity index (χ1n) is 7.56. The molecule has 0 spiro atoms. The quantitative estimate of drug-likeness (QED) is 0.557. The molecule has 132 valence electrons. The first-order valence-corrected chi connectivity index (χ1v) is 8.37. The number of ether oxygens (including phenoxy) is 1. The molecular weight excluding hydrogens is 344 g/mol. The van der Waals surface area contributed by atoms with Gasteiger partial charge in [-0.05, 0) is 37.1 Å². The van der Waals surface area contributed by atoms with Crippen molar-refractivity contribution in [1.82, 2.24) is 10.9 Å². The molecule has 1 heterocycles. The van der Waals surface area contributed by atoms with E-state index >= 15 is 0 Å². The fourth-order valence-corrected chi connectivity index (χ4v) is 3.07. The number of esters is 1. The van der Waals surface area contributed by atoms with Crippen molar-refractivity contribution < 1.29 is 24.2 Å². The summed E-state index contributed by atoms with van der Waals surface area (Å²) >= 11 is 1.34. The molecule has 2 aromatic rings. The second-order valence-corrected chi connectivity index (χ2v) is 6.40. The van der Waals surface area contributed by atoms with E-state index in [0.29, 0.717) is 4.88 Å². The molecule has 7 nitrogen and oxygen atoms in total. The Kier molecular flexibility index (Phi) is 6.13. The van der Waals surface area contributed by atoms with Crippen LogP contribution in [-0.4, -0.2) is 29.5 Å². The third-order valence-electron chi connectivity index (χ3n) is 3.40. The molecule has 0 saturated heterocycles. The molecular formula is C17H18N2O5S. The van der Waals surface area contributed by atoms with Gasteiger partial charge < -0.3 is 9.84 Å². The van der Waals surface area contributed by atoms with Gasteiger partial charge >= 0.3 is 5.97 Å². The number of rotatable bonds is 5. The number of carbonyl (C=O) groups is 3. The molecule has 1 aromatic carbocycles. The number of phenolic OH excluding ortho intramolecular Hbond substituents is 1. The molecule has 2 amide bonds. The number of carbonyl (C=O) groups excluding carboxylic acids is 3. The number of phenols is 1. The highest BCUT2D eigenvalue weighted by molar-refractivity contribution is 7.14. The minimum atomic E-state index is -0.832. The minimum Gasteiger partial charge on any atom is -0.507 e. The molecule has 0 aliphatic carbocycles. The summed E-state index contributed by atoms with van der Waals surface area (Å²) in [6.07, 6.45) is 0.824. The topological polar surface area (TPSA) is 105 Å². The summed E-state index contributed by atoms with van der Waals surface area (Å²) in [5, 5.41) is 9.54. The van der Waals surface area contributed by atoms with Crippen LogP contribution in [-0.2, 0) is 16.0 Å². The smallest absolute Gasteiger partial charge is 0.342 e. The highest BCUT2D eigenvalue weighted by atomic mass is 32.1. The van der Waals surface area contributed by atoms with Gasteiger partial charge in [-0.1, -0.05) is 19.1 Å². The van der Waals surface area contributed by atoms with Crippen LogP contribution in [0.25, 0.3) is 0 Å². The number of aryl methyl sites for hydroxylation is 2. The van der Waals surface area contributed by atoms with Crippen LogP contribution >= 0.6 is 11.3 Å². The molecule has 0 aliphatic heterocycles. The van der Waals surface area contributed by atoms with E-state index in [4.69, 9.17) is 4.74 Å². The Balaban J connectivity index is 1.81. The summed E-state index contributed by atoms with van der Waals surface area (Å²) in [6.45, 7) is 3.34. The van der Waals surface area contributed by atoms with Crippen molar-refractivity contribution in [3.63, 3.8) is 0 Å². The van der Waals surface area contributed by atoms with Crippen molar-refractivity contribution >= 4 is 29.1 Å². The molecule has 0 saturated carbocycles. The Labute approximate surface area is 148 Å². The van der Waals surface area contributed by atoms with Crippen LogP contribution in [0.3, 0.4) is 0 Å². The number of hydrogen-bond donors (Lipinski definition) is 3. The zero-order valence-electron chi connectivity index (χ0n) is 13.8. The van der Waals surface area contributed by atoms with Crippen LogP contribution < -0.4 is 10.9 Å². The third kappa shape index (κ3) is 4.80. The highest BCUT2D eigenvalue weighted by Gasteiger charge is 2.15. The second-order valence-electron chi connectivity index (χ2n) is 5.14. The third-order valence-corrected chi connectivity index (χ3v) is 4.49. The number of amides is 2. The van der Waals surface area contributed by atoms with E-state index in [-0.39, 0.29) is 11.3 Å². The highest BCUT2D eigenvalue weighted by Crippen LogP contribution is 2.21. The minimum absolute atomic E-state index is 0.0412. The average Bonchev–Trinajstić information content (AvgIpc) is 2.99. The molecule has 0 radical (unpaired) electrons. The normalized spacial score (nSPS) is 10.2. The summed E-state index contributed by atoms with van der Waals surface area (Å²) < 4.78 is 4.79. The van der Waals surface area contributed by atoms with Crippen molar-refractivity contribution in [3.05, 3.63) is 51.2 Å². The second kappa shape index (κ2) is 8.29. The van der Waals surface area contributed by atoms with Crippen LogP contribution in [0, 0.1) is 6.92 Å². The largest absolute Gasteiger partial charge is 0.507 e. The van der Waals surface area contributed by atoms with Crippen molar-refractivity contribution in [2.45, 2.75) is 20.3 Å². The van der Waals surface area contributed by atoms with E-state index in [1.165, 1.54) is 23.5 Å². The summed E-state index contributed by atoms with van der Waals surface area (Å²) in [7, 11) is 0. The van der Waals surface area contributed by atoms with Gasteiger partial charge in [-0.2, -0.15) is 0 Å². The lowest BCUT2D eigenvalue weighted by Gasteiger charge is -2.08. The molecule has 1 aromatic heterocycles. The molecule has 0 bridgehead atoms. The number of aromatic hydroxyl groups is 1. The molecule has 0 aliphatic rings. The van der Waals surface area contributed by atoms with Gasteiger partial charge in [0.2, 0.25) is 0 Å². The Bertz CT molecular complexity index is 800. The number of hydrazine groups is 1. The lowest BCUT2D eigenvalue weighted by molar-refractivity contribution is -0.125. The Morgan fingerprint density at radius 3 is 2.56 bits per heavy atom. The van der Waals surface area contributed by atoms with E-state index in [0.717, 1.165) is 16.9 Å². The van der Waals surface area contributed by atoms with Crippen molar-refractivity contribution in [2.24, 2.45) is 0 Å². The van der Waals surface area contributed by atoms with Crippen LogP contribution in [0.2, 0.25) is 0 Å². The predicted octanol–water partition coefficient (Wildman–Crippen LogP) is 1.94. The molecule has 25 heavy (non-hydrogen) atoms. The van der Waals surface area contributed by atoms with Crippen LogP contribution in [0.5, 0.6) is 5.75 Å². The lowest BCUT2D eigenvalue weighted by atomic mass is 10.2. The summed E-state index contributed by atoms with van der Waals surface area (Å²) in [6, 6.07) is 7.61. The SMILES string of the molecule is CCc1cc(C(=O)NNC(=O)COC(=O)c2ccccc2O)sc1C. The first-order chi connectivity index (χ1) is 11.9. The van der Waals surface area contributed by atoms with Crippen molar-refractivity contribution in [3.8, 4) is 5.75 Å². The Hall–Kier alpha value is -2.87. The number of nitrogens with one attached hydrogen (secondary N) is 2. The van der Waals surface area contributed by atoms with Gasteiger partial charge in [-0.3, -0.25) is 20.4 Å². The van der Waals surface area contributed by atoms with E-state index in [1.54, 1.807) is 18.2 Å². The van der Waals surface area contributed by atoms with Crippen LogP contribution in [0.1, 0.15) is 37.4 Å². The number of hydrogen-bond acceptors (Lipinski definition) is 6. The monoisotopic (exact) mass is 362 g/mol. The fourth-order valence-electron chi connectivity index (χ4n) is 2.06. The zero-order valence-corrected chi connectivity index (χ0v) is 14.6. The molecule has 2 rings (SSSR count). The maximum absolute atomic E-state index is 12.0. The summed E-state index contributed by atoms with van der Waals surface area (Å²) in [5.41, 5.74) is 5.49. The van der Waals surface area contributed by atoms with Gasteiger partial charge in [0.05, 0.1) is 4.88 Å². The Morgan fingerprint density at radius 1 is 1.20 bits per heavy atom. The predicted molar refractivity (Wildman–Crippen MR) is 92.4 cm³/mol. The van der Waals surface area contributed by atoms with E-state index in [9.17, 15) is 19.5 Å². The molecule has 0 fully saturated rings. The van der Waals surface area contributed by atoms with E-state index < -0.39 is 24.4 Å². The zero-order chi connectivity index (χ0) is 18.4. The van der Waals surface area contributed by atoms with E-state index in [1.807, 2.05) is 13.8 Å². The van der Waals surface area contributed by atoms with Gasteiger partial charge in [-0.25, -0.2) is 4.79 Å². The molecule has 8 heteroatoms. The van der Waals surface area contributed by atoms with Crippen LogP contribution in [0.4, 0.5) is 0 Å². The Morgan fingerprint density at radius 2 is 1.92 bits per heavy atom. The van der Waals surface area contributed by atoms with Gasteiger partial charge in [0, 0.05) is 4.88 Å².